The predicted molar refractivity (Wildman–Crippen MR) is 82.2 cm³/mol. The average Bonchev–Trinajstić information content (AvgIpc) is 2.87. The molecule has 2 aliphatic rings. The zero-order valence-corrected chi connectivity index (χ0v) is 13.3. The SMILES string of the molecule is NC(c1ccc(Br)cn1)C1CCOC2(CCSC2)C1. The molecule has 0 aromatic carbocycles. The third kappa shape index (κ3) is 2.99. The summed E-state index contributed by atoms with van der Waals surface area (Å²) in [5.74, 6) is 2.84. The third-order valence-electron chi connectivity index (χ3n) is 4.20. The van der Waals surface area contributed by atoms with Gasteiger partial charge in [-0.05, 0) is 59.0 Å². The second kappa shape index (κ2) is 5.72. The van der Waals surface area contributed by atoms with E-state index >= 15 is 0 Å². The monoisotopic (exact) mass is 342 g/mol. The Hall–Kier alpha value is -0.100. The van der Waals surface area contributed by atoms with Gasteiger partial charge in [0, 0.05) is 23.0 Å². The molecule has 1 aromatic rings. The molecule has 3 heterocycles. The maximum Gasteiger partial charge on any atom is 0.0783 e. The van der Waals surface area contributed by atoms with Crippen molar-refractivity contribution in [2.45, 2.75) is 30.9 Å². The van der Waals surface area contributed by atoms with Crippen LogP contribution >= 0.6 is 27.7 Å². The van der Waals surface area contributed by atoms with E-state index in [9.17, 15) is 0 Å². The van der Waals surface area contributed by atoms with Crippen molar-refractivity contribution in [3.05, 3.63) is 28.5 Å². The molecule has 1 spiro atoms. The van der Waals surface area contributed by atoms with Gasteiger partial charge in [-0.1, -0.05) is 0 Å². The molecular weight excluding hydrogens is 324 g/mol. The van der Waals surface area contributed by atoms with E-state index in [2.05, 4.69) is 20.9 Å². The van der Waals surface area contributed by atoms with Crippen LogP contribution in [0.4, 0.5) is 0 Å². The summed E-state index contributed by atoms with van der Waals surface area (Å²) >= 11 is 5.42. The molecule has 0 radical (unpaired) electrons. The van der Waals surface area contributed by atoms with Crippen LogP contribution < -0.4 is 5.73 Å². The zero-order chi connectivity index (χ0) is 13.3. The highest BCUT2D eigenvalue weighted by atomic mass is 79.9. The lowest BCUT2D eigenvalue weighted by Gasteiger charge is -2.39. The number of ether oxygens (including phenoxy) is 1. The van der Waals surface area contributed by atoms with E-state index in [1.54, 1.807) is 0 Å². The lowest BCUT2D eigenvalue weighted by molar-refractivity contribution is -0.0836. The van der Waals surface area contributed by atoms with Crippen LogP contribution in [0.15, 0.2) is 22.8 Å². The first-order valence-electron chi connectivity index (χ1n) is 6.77. The molecule has 2 saturated heterocycles. The summed E-state index contributed by atoms with van der Waals surface area (Å²) in [5.41, 5.74) is 7.52. The smallest absolute Gasteiger partial charge is 0.0783 e. The molecule has 1 aromatic heterocycles. The van der Waals surface area contributed by atoms with Crippen LogP contribution in [0.5, 0.6) is 0 Å². The Morgan fingerprint density at radius 2 is 2.42 bits per heavy atom. The zero-order valence-electron chi connectivity index (χ0n) is 10.8. The molecule has 3 rings (SSSR count). The second-order valence-corrected chi connectivity index (χ2v) is 7.53. The maximum atomic E-state index is 6.43. The number of halogens is 1. The van der Waals surface area contributed by atoms with Crippen LogP contribution in [0.1, 0.15) is 31.0 Å². The van der Waals surface area contributed by atoms with E-state index < -0.39 is 0 Å². The Kier molecular flexibility index (Phi) is 4.17. The van der Waals surface area contributed by atoms with Gasteiger partial charge in [-0.2, -0.15) is 11.8 Å². The first-order chi connectivity index (χ1) is 9.19. The number of nitrogens with two attached hydrogens (primary N) is 1. The van der Waals surface area contributed by atoms with Gasteiger partial charge in [0.05, 0.1) is 17.3 Å². The fourth-order valence-electron chi connectivity index (χ4n) is 3.06. The standard InChI is InChI=1S/C14H19BrN2OS/c15-11-1-2-12(17-8-11)13(16)10-3-5-18-14(7-10)4-6-19-9-14/h1-2,8,10,13H,3-7,9,16H2. The summed E-state index contributed by atoms with van der Waals surface area (Å²) in [5, 5.41) is 0. The van der Waals surface area contributed by atoms with Crippen molar-refractivity contribution < 1.29 is 4.74 Å². The van der Waals surface area contributed by atoms with Crippen LogP contribution in [0, 0.1) is 5.92 Å². The van der Waals surface area contributed by atoms with Gasteiger partial charge < -0.3 is 10.5 Å². The Labute approximate surface area is 126 Å². The second-order valence-electron chi connectivity index (χ2n) is 5.51. The van der Waals surface area contributed by atoms with Gasteiger partial charge in [0.15, 0.2) is 0 Å². The van der Waals surface area contributed by atoms with Crippen molar-refractivity contribution in [2.24, 2.45) is 11.7 Å². The van der Waals surface area contributed by atoms with Gasteiger partial charge in [-0.15, -0.1) is 0 Å². The van der Waals surface area contributed by atoms with E-state index in [1.807, 2.05) is 30.1 Å². The number of nitrogens with zero attached hydrogens (tertiary/aromatic N) is 1. The minimum atomic E-state index is 0.0273. The fraction of sp³-hybridized carbons (Fsp3) is 0.643. The van der Waals surface area contributed by atoms with Crippen molar-refractivity contribution in [3.63, 3.8) is 0 Å². The topological polar surface area (TPSA) is 48.1 Å². The van der Waals surface area contributed by atoms with E-state index in [0.29, 0.717) is 5.92 Å². The molecule has 2 fully saturated rings. The number of aromatic nitrogens is 1. The molecule has 0 aliphatic carbocycles. The van der Waals surface area contributed by atoms with Crippen molar-refractivity contribution >= 4 is 27.7 Å². The highest BCUT2D eigenvalue weighted by Crippen LogP contribution is 2.43. The first kappa shape index (κ1) is 13.9. The summed E-state index contributed by atoms with van der Waals surface area (Å²) in [6, 6.07) is 4.07. The molecule has 2 aliphatic heterocycles. The summed E-state index contributed by atoms with van der Waals surface area (Å²) < 4.78 is 7.06. The molecule has 0 bridgehead atoms. The summed E-state index contributed by atoms with van der Waals surface area (Å²) in [7, 11) is 0. The number of thioether (sulfide) groups is 1. The first-order valence-corrected chi connectivity index (χ1v) is 8.72. The molecular formula is C14H19BrN2OS. The average molecular weight is 343 g/mol. The molecule has 3 nitrogen and oxygen atoms in total. The molecule has 0 amide bonds. The number of rotatable bonds is 2. The summed E-state index contributed by atoms with van der Waals surface area (Å²) in [4.78, 5) is 4.45. The molecule has 5 heteroatoms. The predicted octanol–water partition coefficient (Wildman–Crippen LogP) is 3.15. The highest BCUT2D eigenvalue weighted by molar-refractivity contribution is 9.10. The summed E-state index contributed by atoms with van der Waals surface area (Å²) in [6.07, 6.45) is 5.13. The van der Waals surface area contributed by atoms with Crippen LogP contribution in [-0.4, -0.2) is 28.7 Å². The maximum absolute atomic E-state index is 6.43. The highest BCUT2D eigenvalue weighted by Gasteiger charge is 2.42. The van der Waals surface area contributed by atoms with Gasteiger partial charge in [0.1, 0.15) is 0 Å². The number of hydrogen-bond acceptors (Lipinski definition) is 4. The molecule has 3 atom stereocenters. The van der Waals surface area contributed by atoms with Gasteiger partial charge in [0.25, 0.3) is 0 Å². The Morgan fingerprint density at radius 1 is 1.53 bits per heavy atom. The van der Waals surface area contributed by atoms with E-state index in [0.717, 1.165) is 35.4 Å². The normalized spacial score (nSPS) is 32.6. The van der Waals surface area contributed by atoms with Crippen molar-refractivity contribution in [3.8, 4) is 0 Å². The molecule has 19 heavy (non-hydrogen) atoms. The van der Waals surface area contributed by atoms with E-state index in [-0.39, 0.29) is 11.6 Å². The van der Waals surface area contributed by atoms with Crippen molar-refractivity contribution in [2.75, 3.05) is 18.1 Å². The lowest BCUT2D eigenvalue weighted by Crippen LogP contribution is -2.42. The summed E-state index contributed by atoms with van der Waals surface area (Å²) in [6.45, 7) is 0.843. The van der Waals surface area contributed by atoms with Gasteiger partial charge in [-0.25, -0.2) is 0 Å². The van der Waals surface area contributed by atoms with E-state index in [1.165, 1.54) is 12.2 Å². The molecule has 104 valence electrons. The molecule has 3 unspecified atom stereocenters. The van der Waals surface area contributed by atoms with Gasteiger partial charge in [0.2, 0.25) is 0 Å². The minimum absolute atomic E-state index is 0.0273. The quantitative estimate of drug-likeness (QED) is 0.896. The fourth-order valence-corrected chi connectivity index (χ4v) is 4.67. The Morgan fingerprint density at radius 3 is 3.11 bits per heavy atom. The van der Waals surface area contributed by atoms with Crippen LogP contribution in [-0.2, 0) is 4.74 Å². The van der Waals surface area contributed by atoms with Gasteiger partial charge >= 0.3 is 0 Å². The third-order valence-corrected chi connectivity index (χ3v) is 5.89. The van der Waals surface area contributed by atoms with E-state index in [4.69, 9.17) is 10.5 Å². The lowest BCUT2D eigenvalue weighted by atomic mass is 9.80. The minimum Gasteiger partial charge on any atom is -0.374 e. The van der Waals surface area contributed by atoms with Crippen LogP contribution in [0.25, 0.3) is 0 Å². The number of hydrogen-bond donors (Lipinski definition) is 1. The largest absolute Gasteiger partial charge is 0.374 e. The Bertz CT molecular complexity index is 434. The van der Waals surface area contributed by atoms with Crippen LogP contribution in [0.2, 0.25) is 0 Å². The van der Waals surface area contributed by atoms with Crippen LogP contribution in [0.3, 0.4) is 0 Å². The van der Waals surface area contributed by atoms with Gasteiger partial charge in [-0.3, -0.25) is 4.98 Å². The Balaban J connectivity index is 1.72. The van der Waals surface area contributed by atoms with Crippen molar-refractivity contribution in [1.82, 2.24) is 4.98 Å². The van der Waals surface area contributed by atoms with Crippen molar-refractivity contribution in [1.29, 1.82) is 0 Å². The molecule has 0 saturated carbocycles. The number of pyridine rings is 1. The molecule has 2 N–H and O–H groups in total.